The Morgan fingerprint density at radius 2 is 1.68 bits per heavy atom. The van der Waals surface area contributed by atoms with E-state index in [-0.39, 0.29) is 30.8 Å². The minimum atomic E-state index is -4.56. The number of carbonyl (C=O) groups excluding carboxylic acids is 2. The van der Waals surface area contributed by atoms with E-state index in [2.05, 4.69) is 5.32 Å². The number of aliphatic hydroxyl groups excluding tert-OH is 2. The van der Waals surface area contributed by atoms with Gasteiger partial charge >= 0.3 is 6.18 Å². The molecule has 7 nitrogen and oxygen atoms in total. The molecule has 4 unspecified atom stereocenters. The second kappa shape index (κ2) is 11.4. The standard InChI is InChI=1S/C31H29F3N2O5/c1-18-6-8-19(9-7-18)17-36(30(40)20-10-12-21(13-11-20)31(32,33)34)24-16-23(29(39)35-14-15-37)26-22-4-2-3-5-25(22)41-28(26)27(24)38/h2-13,16,24,26-28,37-38H,14-15,17H2,1H3,(H,35,39). The first-order valence-corrected chi connectivity index (χ1v) is 13.2. The predicted octanol–water partition coefficient (Wildman–Crippen LogP) is 3.98. The van der Waals surface area contributed by atoms with Gasteiger partial charge in [0.25, 0.3) is 5.91 Å². The van der Waals surface area contributed by atoms with Crippen molar-refractivity contribution in [3.05, 3.63) is 112 Å². The molecule has 0 spiro atoms. The van der Waals surface area contributed by atoms with Crippen LogP contribution >= 0.6 is 0 Å². The molecule has 214 valence electrons. The lowest BCUT2D eigenvalue weighted by molar-refractivity contribution is -0.137. The van der Waals surface area contributed by atoms with Crippen LogP contribution in [0.5, 0.6) is 5.75 Å². The van der Waals surface area contributed by atoms with Crippen LogP contribution in [0.25, 0.3) is 0 Å². The number of para-hydroxylation sites is 1. The lowest BCUT2D eigenvalue weighted by Gasteiger charge is -2.40. The highest BCUT2D eigenvalue weighted by atomic mass is 19.4. The number of ether oxygens (including phenoxy) is 1. The Labute approximate surface area is 234 Å². The summed E-state index contributed by atoms with van der Waals surface area (Å²) in [5.41, 5.74) is 1.79. The van der Waals surface area contributed by atoms with Crippen molar-refractivity contribution in [2.24, 2.45) is 0 Å². The van der Waals surface area contributed by atoms with Crippen LogP contribution in [0.4, 0.5) is 13.2 Å². The van der Waals surface area contributed by atoms with Crippen molar-refractivity contribution in [2.45, 2.75) is 43.8 Å². The molecule has 3 aromatic rings. The first-order valence-electron chi connectivity index (χ1n) is 13.2. The van der Waals surface area contributed by atoms with E-state index in [9.17, 15) is 33.0 Å². The van der Waals surface area contributed by atoms with E-state index in [1.54, 1.807) is 24.3 Å². The second-order valence-corrected chi connectivity index (χ2v) is 10.2. The van der Waals surface area contributed by atoms with E-state index >= 15 is 0 Å². The maximum atomic E-state index is 13.9. The van der Waals surface area contributed by atoms with Crippen LogP contribution in [0.2, 0.25) is 0 Å². The summed E-state index contributed by atoms with van der Waals surface area (Å²) in [7, 11) is 0. The number of alkyl halides is 3. The van der Waals surface area contributed by atoms with Crippen molar-refractivity contribution in [1.82, 2.24) is 10.2 Å². The molecule has 41 heavy (non-hydrogen) atoms. The number of halogens is 3. The summed E-state index contributed by atoms with van der Waals surface area (Å²) >= 11 is 0. The molecule has 4 atom stereocenters. The van der Waals surface area contributed by atoms with Gasteiger partial charge in [0.15, 0.2) is 0 Å². The fourth-order valence-corrected chi connectivity index (χ4v) is 5.36. The molecule has 3 N–H and O–H groups in total. The van der Waals surface area contributed by atoms with E-state index in [0.29, 0.717) is 11.3 Å². The number of carbonyl (C=O) groups is 2. The van der Waals surface area contributed by atoms with Crippen LogP contribution in [0, 0.1) is 6.92 Å². The van der Waals surface area contributed by atoms with Gasteiger partial charge < -0.3 is 25.2 Å². The monoisotopic (exact) mass is 566 g/mol. The van der Waals surface area contributed by atoms with Gasteiger partial charge in [0.1, 0.15) is 18.0 Å². The zero-order valence-corrected chi connectivity index (χ0v) is 22.1. The molecular formula is C31H29F3N2O5. The van der Waals surface area contributed by atoms with Crippen molar-refractivity contribution < 1.29 is 37.7 Å². The lowest BCUT2D eigenvalue weighted by Crippen LogP contribution is -2.55. The van der Waals surface area contributed by atoms with E-state index in [4.69, 9.17) is 4.74 Å². The molecule has 0 fully saturated rings. The maximum absolute atomic E-state index is 13.9. The minimum absolute atomic E-state index is 0.000843. The Bertz CT molecular complexity index is 1450. The molecule has 0 aromatic heterocycles. The minimum Gasteiger partial charge on any atom is -0.486 e. The summed E-state index contributed by atoms with van der Waals surface area (Å²) in [5.74, 6) is -1.23. The molecule has 2 aliphatic rings. The smallest absolute Gasteiger partial charge is 0.416 e. The molecule has 0 saturated carbocycles. The summed E-state index contributed by atoms with van der Waals surface area (Å²) in [5, 5.41) is 23.6. The fraction of sp³-hybridized carbons (Fsp3) is 0.290. The summed E-state index contributed by atoms with van der Waals surface area (Å²) in [6.07, 6.45) is -5.21. The predicted molar refractivity (Wildman–Crippen MR) is 144 cm³/mol. The number of aliphatic hydroxyl groups is 2. The number of benzene rings is 3. The third kappa shape index (κ3) is 5.71. The van der Waals surface area contributed by atoms with Gasteiger partial charge in [-0.15, -0.1) is 0 Å². The quantitative estimate of drug-likeness (QED) is 0.402. The number of rotatable bonds is 7. The summed E-state index contributed by atoms with van der Waals surface area (Å²) in [4.78, 5) is 28.6. The molecular weight excluding hydrogens is 537 g/mol. The zero-order valence-electron chi connectivity index (χ0n) is 22.1. The van der Waals surface area contributed by atoms with Gasteiger partial charge in [-0.05, 0) is 48.9 Å². The van der Waals surface area contributed by atoms with Gasteiger partial charge in [-0.25, -0.2) is 0 Å². The number of nitrogens with one attached hydrogen (secondary N) is 1. The topological polar surface area (TPSA) is 99.1 Å². The third-order valence-electron chi connectivity index (χ3n) is 7.43. The highest BCUT2D eigenvalue weighted by molar-refractivity contribution is 5.97. The molecule has 10 heteroatoms. The van der Waals surface area contributed by atoms with Gasteiger partial charge in [0.05, 0.1) is 24.1 Å². The average Bonchev–Trinajstić information content (AvgIpc) is 3.36. The number of nitrogens with zero attached hydrogens (tertiary/aromatic N) is 1. The molecule has 1 aliphatic carbocycles. The van der Waals surface area contributed by atoms with Crippen LogP contribution in [0.3, 0.4) is 0 Å². The number of hydrogen-bond acceptors (Lipinski definition) is 5. The van der Waals surface area contributed by atoms with Crippen LogP contribution in [0.1, 0.15) is 38.5 Å². The van der Waals surface area contributed by atoms with E-state index in [1.807, 2.05) is 31.2 Å². The number of aryl methyl sites for hydroxylation is 1. The third-order valence-corrected chi connectivity index (χ3v) is 7.43. The Morgan fingerprint density at radius 1 is 1.00 bits per heavy atom. The van der Waals surface area contributed by atoms with Crippen LogP contribution < -0.4 is 10.1 Å². The van der Waals surface area contributed by atoms with E-state index in [1.165, 1.54) is 11.0 Å². The molecule has 0 saturated heterocycles. The summed E-state index contributed by atoms with van der Waals surface area (Å²) < 4.78 is 45.7. The fourth-order valence-electron chi connectivity index (χ4n) is 5.36. The normalized spacial score (nSPS) is 21.3. The highest BCUT2D eigenvalue weighted by Gasteiger charge is 2.50. The van der Waals surface area contributed by atoms with Gasteiger partial charge in [-0.1, -0.05) is 48.0 Å². The molecule has 3 aromatic carbocycles. The summed E-state index contributed by atoms with van der Waals surface area (Å²) in [6, 6.07) is 17.3. The largest absolute Gasteiger partial charge is 0.486 e. The lowest BCUT2D eigenvalue weighted by atomic mass is 9.77. The molecule has 0 bridgehead atoms. The van der Waals surface area contributed by atoms with Crippen molar-refractivity contribution in [3.63, 3.8) is 0 Å². The highest BCUT2D eigenvalue weighted by Crippen LogP contribution is 2.47. The van der Waals surface area contributed by atoms with Gasteiger partial charge in [0.2, 0.25) is 5.91 Å². The first-order chi connectivity index (χ1) is 19.6. The second-order valence-electron chi connectivity index (χ2n) is 10.2. The molecule has 1 heterocycles. The number of amides is 2. The molecule has 1 aliphatic heterocycles. The van der Waals surface area contributed by atoms with Crippen molar-refractivity contribution in [1.29, 1.82) is 0 Å². The SMILES string of the molecule is Cc1ccc(CN(C(=O)c2ccc(C(F)(F)F)cc2)C2C=C(C(=O)NCCO)C3c4ccccc4OC3C2O)cc1. The van der Waals surface area contributed by atoms with Crippen molar-refractivity contribution in [3.8, 4) is 5.75 Å². The van der Waals surface area contributed by atoms with E-state index < -0.39 is 47.7 Å². The van der Waals surface area contributed by atoms with Crippen molar-refractivity contribution >= 4 is 11.8 Å². The molecule has 0 radical (unpaired) electrons. The first kappa shape index (κ1) is 28.4. The Balaban J connectivity index is 1.58. The number of fused-ring (bicyclic) bond motifs is 3. The average molecular weight is 567 g/mol. The van der Waals surface area contributed by atoms with E-state index in [0.717, 1.165) is 35.4 Å². The molecule has 2 amide bonds. The van der Waals surface area contributed by atoms with Gasteiger partial charge in [-0.3, -0.25) is 9.59 Å². The Morgan fingerprint density at radius 3 is 2.34 bits per heavy atom. The summed E-state index contributed by atoms with van der Waals surface area (Å²) in [6.45, 7) is 1.64. The van der Waals surface area contributed by atoms with Crippen LogP contribution in [0.15, 0.2) is 84.4 Å². The Kier molecular flexibility index (Phi) is 7.88. The maximum Gasteiger partial charge on any atom is 0.416 e. The van der Waals surface area contributed by atoms with Crippen molar-refractivity contribution in [2.75, 3.05) is 13.2 Å². The number of hydrogen-bond donors (Lipinski definition) is 3. The van der Waals surface area contributed by atoms with Crippen LogP contribution in [-0.4, -0.2) is 58.3 Å². The van der Waals surface area contributed by atoms with Gasteiger partial charge in [-0.2, -0.15) is 13.2 Å². The van der Waals surface area contributed by atoms with Gasteiger partial charge in [0, 0.05) is 29.8 Å². The zero-order chi connectivity index (χ0) is 29.3. The van der Waals surface area contributed by atoms with Crippen LogP contribution in [-0.2, 0) is 17.5 Å². The molecule has 5 rings (SSSR count). The Hall–Kier alpha value is -4.15.